The van der Waals surface area contributed by atoms with E-state index in [0.29, 0.717) is 6.04 Å². The number of rotatable bonds is 2. The third-order valence-corrected chi connectivity index (χ3v) is 6.72. The summed E-state index contributed by atoms with van der Waals surface area (Å²) in [6, 6.07) is 9.33. The lowest BCUT2D eigenvalue weighted by Gasteiger charge is -2.68. The maximum absolute atomic E-state index is 11.4. The Hall–Kier alpha value is -2.28. The van der Waals surface area contributed by atoms with Crippen LogP contribution in [0.15, 0.2) is 18.2 Å². The molecular formula is C20H20N2O2. The van der Waals surface area contributed by atoms with Gasteiger partial charge in [0.2, 0.25) is 0 Å². The second-order valence-corrected chi connectivity index (χ2v) is 8.22. The summed E-state index contributed by atoms with van der Waals surface area (Å²) < 4.78 is 2.35. The minimum Gasteiger partial charge on any atom is -0.481 e. The summed E-state index contributed by atoms with van der Waals surface area (Å²) in [7, 11) is 0. The van der Waals surface area contributed by atoms with Gasteiger partial charge in [0, 0.05) is 17.1 Å². The molecule has 1 atom stereocenters. The van der Waals surface area contributed by atoms with E-state index in [2.05, 4.69) is 29.7 Å². The molecule has 122 valence electrons. The summed E-state index contributed by atoms with van der Waals surface area (Å²) in [4.78, 5) is 11.4. The zero-order chi connectivity index (χ0) is 16.7. The molecule has 0 unspecified atom stereocenters. The Balaban J connectivity index is 1.64. The number of carboxylic acid groups (broad SMARTS) is 1. The molecule has 4 heteroatoms. The summed E-state index contributed by atoms with van der Waals surface area (Å²) in [5.74, 6) is -0.654. The lowest BCUT2D eigenvalue weighted by atomic mass is 9.33. The highest BCUT2D eigenvalue weighted by Crippen LogP contribution is 2.73. The van der Waals surface area contributed by atoms with Crippen LogP contribution in [-0.2, 0) is 16.6 Å². The molecule has 6 rings (SSSR count). The molecule has 0 spiro atoms. The molecule has 2 bridgehead atoms. The Labute approximate surface area is 140 Å². The van der Waals surface area contributed by atoms with Crippen molar-refractivity contribution in [3.8, 4) is 6.07 Å². The van der Waals surface area contributed by atoms with E-state index in [9.17, 15) is 15.2 Å². The molecule has 0 saturated heterocycles. The summed E-state index contributed by atoms with van der Waals surface area (Å²) >= 11 is 0. The second-order valence-electron chi connectivity index (χ2n) is 8.22. The first-order chi connectivity index (χ1) is 11.5. The van der Waals surface area contributed by atoms with Gasteiger partial charge in [-0.1, -0.05) is 0 Å². The van der Waals surface area contributed by atoms with Crippen LogP contribution < -0.4 is 0 Å². The Morgan fingerprint density at radius 2 is 2.08 bits per heavy atom. The summed E-state index contributed by atoms with van der Waals surface area (Å²) in [6.45, 7) is 2.23. The highest BCUT2D eigenvalue weighted by molar-refractivity contribution is 5.89. The van der Waals surface area contributed by atoms with Crippen LogP contribution in [0.4, 0.5) is 0 Å². The van der Waals surface area contributed by atoms with Gasteiger partial charge in [-0.2, -0.15) is 5.26 Å². The minimum atomic E-state index is -0.654. The van der Waals surface area contributed by atoms with Crippen LogP contribution in [-0.4, -0.2) is 15.6 Å². The summed E-state index contributed by atoms with van der Waals surface area (Å²) in [5, 5.41) is 20.2. The third-order valence-electron chi connectivity index (χ3n) is 6.72. The van der Waals surface area contributed by atoms with Crippen molar-refractivity contribution < 1.29 is 9.90 Å². The lowest BCUT2D eigenvalue weighted by molar-refractivity contribution is -0.194. The van der Waals surface area contributed by atoms with Crippen LogP contribution in [0.2, 0.25) is 0 Å². The molecule has 2 aromatic rings. The molecular weight excluding hydrogens is 300 g/mol. The van der Waals surface area contributed by atoms with E-state index >= 15 is 0 Å². The molecule has 1 aromatic carbocycles. The fraction of sp³-hybridized carbons (Fsp3) is 0.500. The quantitative estimate of drug-likeness (QED) is 0.912. The van der Waals surface area contributed by atoms with E-state index in [0.717, 1.165) is 48.6 Å². The maximum atomic E-state index is 11.4. The topological polar surface area (TPSA) is 66.0 Å². The zero-order valence-electron chi connectivity index (χ0n) is 13.8. The smallest absolute Gasteiger partial charge is 0.309 e. The number of aliphatic carboxylic acids is 1. The van der Waals surface area contributed by atoms with E-state index < -0.39 is 11.4 Å². The van der Waals surface area contributed by atoms with Crippen molar-refractivity contribution in [3.05, 3.63) is 35.0 Å². The molecule has 4 aliphatic rings. The van der Waals surface area contributed by atoms with E-state index in [1.54, 1.807) is 0 Å². The number of hydrogen-bond acceptors (Lipinski definition) is 2. The van der Waals surface area contributed by atoms with Gasteiger partial charge >= 0.3 is 5.97 Å². The van der Waals surface area contributed by atoms with Crippen molar-refractivity contribution in [2.45, 2.75) is 56.9 Å². The molecule has 4 nitrogen and oxygen atoms in total. The van der Waals surface area contributed by atoms with Gasteiger partial charge in [-0.15, -0.1) is 0 Å². The van der Waals surface area contributed by atoms with E-state index in [1.807, 2.05) is 6.07 Å². The molecule has 1 aromatic heterocycles. The number of carboxylic acids is 1. The molecule has 3 aliphatic carbocycles. The maximum Gasteiger partial charge on any atom is 0.309 e. The van der Waals surface area contributed by atoms with Gasteiger partial charge in [-0.05, 0) is 74.6 Å². The van der Waals surface area contributed by atoms with E-state index in [4.69, 9.17) is 0 Å². The Bertz CT molecular complexity index is 927. The van der Waals surface area contributed by atoms with Gasteiger partial charge in [0.05, 0.1) is 16.5 Å². The number of aryl methyl sites for hydroxylation is 1. The van der Waals surface area contributed by atoms with Gasteiger partial charge in [0.15, 0.2) is 0 Å². The van der Waals surface area contributed by atoms with Crippen LogP contribution in [0, 0.1) is 16.7 Å². The van der Waals surface area contributed by atoms with Crippen LogP contribution in [0.5, 0.6) is 0 Å². The van der Waals surface area contributed by atoms with Crippen molar-refractivity contribution in [2.24, 2.45) is 5.41 Å². The highest BCUT2D eigenvalue weighted by atomic mass is 16.4. The SMILES string of the molecule is C[C@H]1CCCc2cc3cc(C45CC(C(=O)O)(C4)C5)cc(C#N)c3n21. The molecule has 3 fully saturated rings. The summed E-state index contributed by atoms with van der Waals surface area (Å²) in [6.07, 6.45) is 5.64. The number of fused-ring (bicyclic) bond motifs is 3. The average Bonchev–Trinajstić information content (AvgIpc) is 2.82. The second kappa shape index (κ2) is 4.22. The molecule has 2 heterocycles. The van der Waals surface area contributed by atoms with Gasteiger partial charge in [0.1, 0.15) is 6.07 Å². The lowest BCUT2D eigenvalue weighted by Crippen LogP contribution is -2.67. The number of nitriles is 1. The Morgan fingerprint density at radius 1 is 1.33 bits per heavy atom. The standard InChI is InChI=1S/C20H20N2O2/c1-12-3-2-4-16-7-13-5-15(6-14(8-21)17(13)22(12)16)19-9-20(10-19,11-19)18(23)24/h5-7,12H,2-4,9-11H2,1H3,(H,23,24)/t12-,19?,20?/m0/s1. The van der Waals surface area contributed by atoms with Crippen LogP contribution in [0.3, 0.4) is 0 Å². The van der Waals surface area contributed by atoms with Crippen molar-refractivity contribution in [1.29, 1.82) is 5.26 Å². The first kappa shape index (κ1) is 14.1. The summed E-state index contributed by atoms with van der Waals surface area (Å²) in [5.41, 5.74) is 3.85. The van der Waals surface area contributed by atoms with Crippen molar-refractivity contribution in [2.75, 3.05) is 0 Å². The van der Waals surface area contributed by atoms with Crippen molar-refractivity contribution >= 4 is 16.9 Å². The number of aromatic nitrogens is 1. The van der Waals surface area contributed by atoms with Gasteiger partial charge in [-0.3, -0.25) is 4.79 Å². The Kier molecular flexibility index (Phi) is 2.48. The van der Waals surface area contributed by atoms with Crippen molar-refractivity contribution in [3.63, 3.8) is 0 Å². The van der Waals surface area contributed by atoms with Crippen LogP contribution in [0.1, 0.15) is 61.9 Å². The van der Waals surface area contributed by atoms with Crippen LogP contribution >= 0.6 is 0 Å². The Morgan fingerprint density at radius 3 is 2.75 bits per heavy atom. The fourth-order valence-corrected chi connectivity index (χ4v) is 5.54. The zero-order valence-corrected chi connectivity index (χ0v) is 13.8. The monoisotopic (exact) mass is 320 g/mol. The fourth-order valence-electron chi connectivity index (χ4n) is 5.54. The molecule has 0 radical (unpaired) electrons. The largest absolute Gasteiger partial charge is 0.481 e. The predicted octanol–water partition coefficient (Wildman–Crippen LogP) is 3.92. The molecule has 24 heavy (non-hydrogen) atoms. The molecule has 3 saturated carbocycles. The number of nitrogens with zero attached hydrogens (tertiary/aromatic N) is 2. The van der Waals surface area contributed by atoms with E-state index in [1.165, 1.54) is 17.7 Å². The van der Waals surface area contributed by atoms with Gasteiger partial charge in [-0.25, -0.2) is 0 Å². The highest BCUT2D eigenvalue weighted by Gasteiger charge is 2.72. The predicted molar refractivity (Wildman–Crippen MR) is 89.9 cm³/mol. The van der Waals surface area contributed by atoms with Crippen LogP contribution in [0.25, 0.3) is 10.9 Å². The van der Waals surface area contributed by atoms with E-state index in [-0.39, 0.29) is 5.41 Å². The average molecular weight is 320 g/mol. The first-order valence-electron chi connectivity index (χ1n) is 8.80. The van der Waals surface area contributed by atoms with Gasteiger partial charge in [0.25, 0.3) is 0 Å². The minimum absolute atomic E-state index is 0.00619. The molecule has 1 N–H and O–H groups in total. The normalized spacial score (nSPS) is 33.2. The first-order valence-corrected chi connectivity index (χ1v) is 8.80. The third kappa shape index (κ3) is 1.51. The van der Waals surface area contributed by atoms with Gasteiger partial charge < -0.3 is 9.67 Å². The number of carbonyl (C=O) groups is 1. The number of hydrogen-bond donors (Lipinski definition) is 1. The molecule has 1 aliphatic heterocycles. The molecule has 0 amide bonds. The number of benzene rings is 1. The van der Waals surface area contributed by atoms with Crippen molar-refractivity contribution in [1.82, 2.24) is 4.57 Å².